The van der Waals surface area contributed by atoms with E-state index in [0.717, 1.165) is 30.9 Å². The van der Waals surface area contributed by atoms with Gasteiger partial charge in [0.15, 0.2) is 0 Å². The molecule has 0 radical (unpaired) electrons. The highest BCUT2D eigenvalue weighted by Gasteiger charge is 2.16. The molecule has 140 valence electrons. The zero-order valence-electron chi connectivity index (χ0n) is 15.2. The van der Waals surface area contributed by atoms with E-state index < -0.39 is 10.0 Å². The summed E-state index contributed by atoms with van der Waals surface area (Å²) in [7, 11) is -3.62. The normalized spacial score (nSPS) is 16.3. The van der Waals surface area contributed by atoms with Crippen LogP contribution in [0, 0.1) is 0 Å². The van der Waals surface area contributed by atoms with E-state index in [9.17, 15) is 8.42 Å². The van der Waals surface area contributed by atoms with Crippen LogP contribution < -0.4 is 9.62 Å². The van der Waals surface area contributed by atoms with Crippen LogP contribution in [0.5, 0.6) is 0 Å². The molecule has 1 atom stereocenters. The molecule has 2 aromatic rings. The van der Waals surface area contributed by atoms with Crippen LogP contribution in [0.4, 0.5) is 11.5 Å². The van der Waals surface area contributed by atoms with Gasteiger partial charge in [-0.3, -0.25) is 4.72 Å². The van der Waals surface area contributed by atoms with Crippen molar-refractivity contribution in [2.45, 2.75) is 31.1 Å². The number of benzene rings is 1. The third-order valence-electron chi connectivity index (χ3n) is 4.71. The van der Waals surface area contributed by atoms with E-state index in [0.29, 0.717) is 24.8 Å². The molecule has 1 aliphatic rings. The summed E-state index contributed by atoms with van der Waals surface area (Å²) in [5, 5.41) is 0. The van der Waals surface area contributed by atoms with Gasteiger partial charge in [0.2, 0.25) is 0 Å². The zero-order chi connectivity index (χ0) is 18.6. The van der Waals surface area contributed by atoms with Gasteiger partial charge >= 0.3 is 0 Å². The van der Waals surface area contributed by atoms with Gasteiger partial charge in [-0.15, -0.1) is 0 Å². The largest absolute Gasteiger partial charge is 0.378 e. The molecule has 1 N–H and O–H groups in total. The molecule has 1 saturated heterocycles. The first-order valence-corrected chi connectivity index (χ1v) is 10.4. The Bertz CT molecular complexity index is 814. The second-order valence-corrected chi connectivity index (χ2v) is 8.17. The number of sulfonamides is 1. The van der Waals surface area contributed by atoms with Crippen molar-refractivity contribution in [1.29, 1.82) is 0 Å². The first-order valence-electron chi connectivity index (χ1n) is 8.91. The fourth-order valence-electron chi connectivity index (χ4n) is 2.85. The Balaban J connectivity index is 1.70. The molecule has 3 rings (SSSR count). The maximum absolute atomic E-state index is 12.6. The molecule has 1 fully saturated rings. The Kier molecular flexibility index (Phi) is 5.78. The highest BCUT2D eigenvalue weighted by molar-refractivity contribution is 7.92. The molecule has 1 unspecified atom stereocenters. The summed E-state index contributed by atoms with van der Waals surface area (Å²) in [5.41, 5.74) is 1.59. The van der Waals surface area contributed by atoms with Crippen molar-refractivity contribution in [3.63, 3.8) is 0 Å². The lowest BCUT2D eigenvalue weighted by atomic mass is 9.99. The minimum absolute atomic E-state index is 0.252. The van der Waals surface area contributed by atoms with Crippen LogP contribution in [-0.2, 0) is 14.8 Å². The van der Waals surface area contributed by atoms with Gasteiger partial charge in [-0.2, -0.15) is 0 Å². The topological polar surface area (TPSA) is 71.5 Å². The van der Waals surface area contributed by atoms with Crippen LogP contribution >= 0.6 is 0 Å². The van der Waals surface area contributed by atoms with Crippen molar-refractivity contribution in [2.24, 2.45) is 0 Å². The van der Waals surface area contributed by atoms with Crippen molar-refractivity contribution in [3.8, 4) is 0 Å². The second-order valence-electron chi connectivity index (χ2n) is 6.49. The molecular weight excluding hydrogens is 350 g/mol. The third-order valence-corrected chi connectivity index (χ3v) is 6.10. The molecule has 1 aromatic carbocycles. The number of hydrogen-bond acceptors (Lipinski definition) is 5. The van der Waals surface area contributed by atoms with Gasteiger partial charge < -0.3 is 9.64 Å². The average molecular weight is 375 g/mol. The smallest absolute Gasteiger partial charge is 0.261 e. The molecule has 0 spiro atoms. The van der Waals surface area contributed by atoms with Gasteiger partial charge in [0.1, 0.15) is 5.82 Å². The number of anilines is 2. The molecule has 1 aliphatic heterocycles. The summed E-state index contributed by atoms with van der Waals surface area (Å²) in [5.74, 6) is 1.24. The minimum Gasteiger partial charge on any atom is -0.378 e. The highest BCUT2D eigenvalue weighted by Crippen LogP contribution is 2.22. The third kappa shape index (κ3) is 4.34. The maximum Gasteiger partial charge on any atom is 0.261 e. The number of ether oxygens (including phenoxy) is 1. The summed E-state index contributed by atoms with van der Waals surface area (Å²) in [6.45, 7) is 7.19. The van der Waals surface area contributed by atoms with Gasteiger partial charge in [-0.25, -0.2) is 13.4 Å². The van der Waals surface area contributed by atoms with Gasteiger partial charge in [0, 0.05) is 13.1 Å². The summed E-state index contributed by atoms with van der Waals surface area (Å²) >= 11 is 0. The zero-order valence-corrected chi connectivity index (χ0v) is 16.0. The quantitative estimate of drug-likeness (QED) is 0.839. The first-order chi connectivity index (χ1) is 12.5. The van der Waals surface area contributed by atoms with Crippen molar-refractivity contribution < 1.29 is 13.2 Å². The van der Waals surface area contributed by atoms with Crippen LogP contribution in [0.25, 0.3) is 0 Å². The van der Waals surface area contributed by atoms with Crippen molar-refractivity contribution in [2.75, 3.05) is 35.9 Å². The SMILES string of the molecule is CCC(C)c1ccc(S(=O)(=O)Nc2ccc(N3CCOCC3)nc2)cc1. The summed E-state index contributed by atoms with van der Waals surface area (Å²) in [4.78, 5) is 6.74. The minimum atomic E-state index is -3.62. The Labute approximate surface area is 155 Å². The van der Waals surface area contributed by atoms with E-state index in [2.05, 4.69) is 28.5 Å². The second kappa shape index (κ2) is 8.05. The molecule has 26 heavy (non-hydrogen) atoms. The fraction of sp³-hybridized carbons (Fsp3) is 0.421. The molecule has 0 saturated carbocycles. The van der Waals surface area contributed by atoms with Crippen molar-refractivity contribution >= 4 is 21.5 Å². The molecule has 0 bridgehead atoms. The predicted molar refractivity (Wildman–Crippen MR) is 103 cm³/mol. The van der Waals surface area contributed by atoms with Crippen molar-refractivity contribution in [1.82, 2.24) is 4.98 Å². The van der Waals surface area contributed by atoms with Gasteiger partial charge in [0.05, 0.1) is 30.0 Å². The van der Waals surface area contributed by atoms with E-state index in [-0.39, 0.29) is 4.90 Å². The number of pyridine rings is 1. The van der Waals surface area contributed by atoms with Gasteiger partial charge in [0.25, 0.3) is 10.0 Å². The average Bonchev–Trinajstić information content (AvgIpc) is 2.68. The lowest BCUT2D eigenvalue weighted by molar-refractivity contribution is 0.122. The predicted octanol–water partition coefficient (Wildman–Crippen LogP) is 3.23. The van der Waals surface area contributed by atoms with Gasteiger partial charge in [-0.05, 0) is 42.2 Å². The maximum atomic E-state index is 12.6. The van der Waals surface area contributed by atoms with E-state index in [1.165, 1.54) is 0 Å². The molecule has 7 heteroatoms. The standard InChI is InChI=1S/C19H25N3O3S/c1-3-15(2)16-4-7-18(8-5-16)26(23,24)21-17-6-9-19(20-14-17)22-10-12-25-13-11-22/h4-9,14-15,21H,3,10-13H2,1-2H3. The first kappa shape index (κ1) is 18.7. The number of nitrogens with one attached hydrogen (secondary N) is 1. The Morgan fingerprint density at radius 2 is 1.85 bits per heavy atom. The van der Waals surface area contributed by atoms with Crippen LogP contribution in [0.2, 0.25) is 0 Å². The monoisotopic (exact) mass is 375 g/mol. The lowest BCUT2D eigenvalue weighted by Crippen LogP contribution is -2.36. The Morgan fingerprint density at radius 1 is 1.15 bits per heavy atom. The molecule has 2 heterocycles. The summed E-state index contributed by atoms with van der Waals surface area (Å²) in [6.07, 6.45) is 2.57. The van der Waals surface area contributed by atoms with Crippen LogP contribution in [0.3, 0.4) is 0 Å². The van der Waals surface area contributed by atoms with Gasteiger partial charge in [-0.1, -0.05) is 26.0 Å². The van der Waals surface area contributed by atoms with Crippen LogP contribution in [-0.4, -0.2) is 39.7 Å². The molecule has 1 aromatic heterocycles. The Hall–Kier alpha value is -2.12. The lowest BCUT2D eigenvalue weighted by Gasteiger charge is -2.27. The van der Waals surface area contributed by atoms with E-state index in [4.69, 9.17) is 4.74 Å². The number of rotatable bonds is 6. The number of aromatic nitrogens is 1. The van der Waals surface area contributed by atoms with E-state index in [1.54, 1.807) is 24.4 Å². The highest BCUT2D eigenvalue weighted by atomic mass is 32.2. The molecule has 0 aliphatic carbocycles. The van der Waals surface area contributed by atoms with Crippen LogP contribution in [0.1, 0.15) is 31.7 Å². The number of nitrogens with zero attached hydrogens (tertiary/aromatic N) is 2. The Morgan fingerprint density at radius 3 is 2.42 bits per heavy atom. The van der Waals surface area contributed by atoms with Crippen molar-refractivity contribution in [3.05, 3.63) is 48.2 Å². The van der Waals surface area contributed by atoms with E-state index in [1.807, 2.05) is 18.2 Å². The van der Waals surface area contributed by atoms with Crippen LogP contribution in [0.15, 0.2) is 47.5 Å². The fourth-order valence-corrected chi connectivity index (χ4v) is 3.89. The summed E-state index contributed by atoms with van der Waals surface area (Å²) < 4.78 is 33.1. The number of hydrogen-bond donors (Lipinski definition) is 1. The molecule has 0 amide bonds. The number of morpholine rings is 1. The molecular formula is C19H25N3O3S. The van der Waals surface area contributed by atoms with E-state index >= 15 is 0 Å². The summed E-state index contributed by atoms with van der Waals surface area (Å²) in [6, 6.07) is 10.6. The molecule has 6 nitrogen and oxygen atoms in total.